The number of hydrogen-bond acceptors (Lipinski definition) is 2. The van der Waals surface area contributed by atoms with Crippen LogP contribution in [-0.4, -0.2) is 17.7 Å². The van der Waals surface area contributed by atoms with Crippen molar-refractivity contribution in [3.63, 3.8) is 0 Å². The standard InChI is InChI=1S/C15H21F2NO/c1-2-10-6-7-11(8-10)18-9-14(19)15-12(16)4-3-5-13(15)17/h3-5,10-11,14,18-19H,2,6-9H2,1H3. The first-order valence-electron chi connectivity index (χ1n) is 6.97. The van der Waals surface area contributed by atoms with E-state index in [0.29, 0.717) is 6.04 Å². The van der Waals surface area contributed by atoms with E-state index in [1.165, 1.54) is 31.0 Å². The highest BCUT2D eigenvalue weighted by Crippen LogP contribution is 2.28. The van der Waals surface area contributed by atoms with E-state index in [9.17, 15) is 13.9 Å². The maximum absolute atomic E-state index is 13.5. The molecular weight excluding hydrogens is 248 g/mol. The van der Waals surface area contributed by atoms with Crippen LogP contribution in [0, 0.1) is 17.6 Å². The van der Waals surface area contributed by atoms with E-state index in [2.05, 4.69) is 12.2 Å². The molecule has 1 fully saturated rings. The van der Waals surface area contributed by atoms with E-state index in [0.717, 1.165) is 18.8 Å². The molecule has 0 spiro atoms. The molecule has 4 heteroatoms. The molecule has 106 valence electrons. The van der Waals surface area contributed by atoms with E-state index < -0.39 is 17.7 Å². The van der Waals surface area contributed by atoms with Crippen molar-refractivity contribution < 1.29 is 13.9 Å². The molecule has 0 aromatic heterocycles. The van der Waals surface area contributed by atoms with Gasteiger partial charge in [-0.15, -0.1) is 0 Å². The topological polar surface area (TPSA) is 32.3 Å². The Balaban J connectivity index is 1.89. The van der Waals surface area contributed by atoms with Crippen molar-refractivity contribution in [2.45, 2.75) is 44.8 Å². The first-order chi connectivity index (χ1) is 9.11. The smallest absolute Gasteiger partial charge is 0.131 e. The van der Waals surface area contributed by atoms with Crippen LogP contribution in [0.2, 0.25) is 0 Å². The van der Waals surface area contributed by atoms with Gasteiger partial charge in [-0.1, -0.05) is 19.4 Å². The summed E-state index contributed by atoms with van der Waals surface area (Å²) in [5.74, 6) is -0.640. The summed E-state index contributed by atoms with van der Waals surface area (Å²) in [5.41, 5.74) is -0.236. The summed E-state index contributed by atoms with van der Waals surface area (Å²) in [6.07, 6.45) is 3.39. The first kappa shape index (κ1) is 14.4. The second-order valence-electron chi connectivity index (χ2n) is 5.34. The number of halogens is 2. The van der Waals surface area contributed by atoms with E-state index >= 15 is 0 Å². The Morgan fingerprint density at radius 2 is 2.00 bits per heavy atom. The molecule has 1 aliphatic carbocycles. The lowest BCUT2D eigenvalue weighted by Crippen LogP contribution is -2.31. The van der Waals surface area contributed by atoms with Gasteiger partial charge in [-0.2, -0.15) is 0 Å². The summed E-state index contributed by atoms with van der Waals surface area (Å²) in [7, 11) is 0. The second-order valence-corrected chi connectivity index (χ2v) is 5.34. The minimum absolute atomic E-state index is 0.193. The van der Waals surface area contributed by atoms with E-state index in [-0.39, 0.29) is 12.1 Å². The molecule has 1 aliphatic rings. The van der Waals surface area contributed by atoms with Gasteiger partial charge in [0.15, 0.2) is 0 Å². The van der Waals surface area contributed by atoms with Crippen molar-refractivity contribution in [2.75, 3.05) is 6.54 Å². The summed E-state index contributed by atoms with van der Waals surface area (Å²) >= 11 is 0. The van der Waals surface area contributed by atoms with Crippen molar-refractivity contribution in [2.24, 2.45) is 5.92 Å². The quantitative estimate of drug-likeness (QED) is 0.860. The summed E-state index contributed by atoms with van der Waals surface area (Å²) in [4.78, 5) is 0. The molecule has 2 N–H and O–H groups in total. The van der Waals surface area contributed by atoms with Gasteiger partial charge in [0, 0.05) is 12.6 Å². The van der Waals surface area contributed by atoms with Gasteiger partial charge in [-0.05, 0) is 37.3 Å². The van der Waals surface area contributed by atoms with Gasteiger partial charge >= 0.3 is 0 Å². The number of nitrogens with one attached hydrogen (secondary N) is 1. The third kappa shape index (κ3) is 3.51. The largest absolute Gasteiger partial charge is 0.387 e. The SMILES string of the molecule is CCC1CCC(NCC(O)c2c(F)cccc2F)C1. The molecule has 2 nitrogen and oxygen atoms in total. The summed E-state index contributed by atoms with van der Waals surface area (Å²) in [6, 6.07) is 4.00. The predicted octanol–water partition coefficient (Wildman–Crippen LogP) is 3.17. The molecule has 0 saturated heterocycles. The molecule has 1 aromatic carbocycles. The van der Waals surface area contributed by atoms with Gasteiger partial charge in [0.25, 0.3) is 0 Å². The minimum atomic E-state index is -1.14. The third-order valence-electron chi connectivity index (χ3n) is 4.05. The molecular formula is C15H21F2NO. The number of rotatable bonds is 5. The molecule has 0 aliphatic heterocycles. The lowest BCUT2D eigenvalue weighted by molar-refractivity contribution is 0.160. The van der Waals surface area contributed by atoms with Crippen LogP contribution in [0.3, 0.4) is 0 Å². The lowest BCUT2D eigenvalue weighted by Gasteiger charge is -2.17. The Morgan fingerprint density at radius 3 is 2.58 bits per heavy atom. The monoisotopic (exact) mass is 269 g/mol. The Labute approximate surface area is 112 Å². The van der Waals surface area contributed by atoms with Crippen molar-refractivity contribution in [3.8, 4) is 0 Å². The number of aliphatic hydroxyl groups is 1. The Hall–Kier alpha value is -1.00. The summed E-state index contributed by atoms with van der Waals surface area (Å²) in [5, 5.41) is 13.1. The molecule has 0 heterocycles. The van der Waals surface area contributed by atoms with Gasteiger partial charge in [0.1, 0.15) is 11.6 Å². The Morgan fingerprint density at radius 1 is 1.32 bits per heavy atom. The normalized spacial score (nSPS) is 24.6. The maximum atomic E-state index is 13.5. The molecule has 19 heavy (non-hydrogen) atoms. The number of aliphatic hydroxyl groups excluding tert-OH is 1. The molecule has 3 atom stereocenters. The van der Waals surface area contributed by atoms with Crippen LogP contribution < -0.4 is 5.32 Å². The van der Waals surface area contributed by atoms with Crippen molar-refractivity contribution in [3.05, 3.63) is 35.4 Å². The minimum Gasteiger partial charge on any atom is -0.387 e. The van der Waals surface area contributed by atoms with Gasteiger partial charge < -0.3 is 10.4 Å². The van der Waals surface area contributed by atoms with Crippen LogP contribution in [0.15, 0.2) is 18.2 Å². The van der Waals surface area contributed by atoms with Crippen molar-refractivity contribution in [1.29, 1.82) is 0 Å². The van der Waals surface area contributed by atoms with Gasteiger partial charge in [0.05, 0.1) is 11.7 Å². The lowest BCUT2D eigenvalue weighted by atomic mass is 10.1. The van der Waals surface area contributed by atoms with E-state index in [4.69, 9.17) is 0 Å². The summed E-state index contributed by atoms with van der Waals surface area (Å²) < 4.78 is 27.0. The van der Waals surface area contributed by atoms with Gasteiger partial charge in [-0.25, -0.2) is 8.78 Å². The number of benzene rings is 1. The highest BCUT2D eigenvalue weighted by Gasteiger charge is 2.24. The van der Waals surface area contributed by atoms with Gasteiger partial charge in [0.2, 0.25) is 0 Å². The Kier molecular flexibility index (Phi) is 4.88. The van der Waals surface area contributed by atoms with E-state index in [1.54, 1.807) is 0 Å². The summed E-state index contributed by atoms with van der Waals surface area (Å²) in [6.45, 7) is 2.37. The highest BCUT2D eigenvalue weighted by atomic mass is 19.1. The highest BCUT2D eigenvalue weighted by molar-refractivity contribution is 5.22. The fraction of sp³-hybridized carbons (Fsp3) is 0.600. The average molecular weight is 269 g/mol. The van der Waals surface area contributed by atoms with Crippen LogP contribution in [0.5, 0.6) is 0 Å². The fourth-order valence-corrected chi connectivity index (χ4v) is 2.84. The molecule has 1 saturated carbocycles. The van der Waals surface area contributed by atoms with Crippen molar-refractivity contribution >= 4 is 0 Å². The van der Waals surface area contributed by atoms with Crippen molar-refractivity contribution in [1.82, 2.24) is 5.32 Å². The zero-order valence-corrected chi connectivity index (χ0v) is 11.2. The maximum Gasteiger partial charge on any atom is 0.131 e. The second kappa shape index (κ2) is 6.44. The van der Waals surface area contributed by atoms with Crippen LogP contribution in [0.25, 0.3) is 0 Å². The first-order valence-corrected chi connectivity index (χ1v) is 6.97. The van der Waals surface area contributed by atoms with Gasteiger partial charge in [-0.3, -0.25) is 0 Å². The zero-order valence-electron chi connectivity index (χ0n) is 11.2. The molecule has 1 aromatic rings. The average Bonchev–Trinajstić information content (AvgIpc) is 2.84. The molecule has 0 amide bonds. The molecule has 0 bridgehead atoms. The third-order valence-corrected chi connectivity index (χ3v) is 4.05. The molecule has 0 radical (unpaired) electrons. The number of hydrogen-bond donors (Lipinski definition) is 2. The Bertz CT molecular complexity index is 404. The van der Waals surface area contributed by atoms with E-state index in [1.807, 2.05) is 0 Å². The predicted molar refractivity (Wildman–Crippen MR) is 70.7 cm³/mol. The van der Waals surface area contributed by atoms with Crippen LogP contribution in [0.1, 0.15) is 44.3 Å². The van der Waals surface area contributed by atoms with Crippen LogP contribution in [0.4, 0.5) is 8.78 Å². The van der Waals surface area contributed by atoms with Crippen LogP contribution >= 0.6 is 0 Å². The molecule has 3 unspecified atom stereocenters. The molecule has 2 rings (SSSR count). The van der Waals surface area contributed by atoms with Crippen LogP contribution in [-0.2, 0) is 0 Å². The fourth-order valence-electron chi connectivity index (χ4n) is 2.84. The zero-order chi connectivity index (χ0) is 13.8.